The molecule has 0 spiro atoms. The molecular weight excluding hydrogens is 234 g/mol. The zero-order valence-electron chi connectivity index (χ0n) is 9.96. The van der Waals surface area contributed by atoms with Gasteiger partial charge in [-0.3, -0.25) is 4.79 Å². The summed E-state index contributed by atoms with van der Waals surface area (Å²) >= 11 is 0. The number of nitrogens with zero attached hydrogens (tertiary/aromatic N) is 3. The van der Waals surface area contributed by atoms with Crippen LogP contribution in [0, 0.1) is 0 Å². The maximum Gasteiger partial charge on any atom is 0.352 e. The Kier molecular flexibility index (Phi) is 2.26. The highest BCUT2D eigenvalue weighted by Crippen LogP contribution is 2.39. The van der Waals surface area contributed by atoms with Gasteiger partial charge in [0, 0.05) is 24.6 Å². The lowest BCUT2D eigenvalue weighted by Crippen LogP contribution is -2.23. The highest BCUT2D eigenvalue weighted by atomic mass is 16.4. The summed E-state index contributed by atoms with van der Waals surface area (Å²) in [5.41, 5.74) is 1.07. The molecule has 18 heavy (non-hydrogen) atoms. The van der Waals surface area contributed by atoms with E-state index < -0.39 is 5.97 Å². The summed E-state index contributed by atoms with van der Waals surface area (Å²) in [7, 11) is 0. The zero-order chi connectivity index (χ0) is 12.9. The number of aromatic carboxylic acids is 1. The van der Waals surface area contributed by atoms with Gasteiger partial charge in [-0.15, -0.1) is 0 Å². The van der Waals surface area contributed by atoms with Crippen molar-refractivity contribution in [1.29, 1.82) is 0 Å². The first kappa shape index (κ1) is 11.0. The quantitative estimate of drug-likeness (QED) is 0.880. The Morgan fingerprint density at radius 3 is 2.78 bits per heavy atom. The van der Waals surface area contributed by atoms with E-state index in [-0.39, 0.29) is 11.3 Å². The van der Waals surface area contributed by atoms with Gasteiger partial charge in [0.25, 0.3) is 5.56 Å². The summed E-state index contributed by atoms with van der Waals surface area (Å²) in [4.78, 5) is 23.0. The summed E-state index contributed by atoms with van der Waals surface area (Å²) in [6.07, 6.45) is 2.19. The van der Waals surface area contributed by atoms with E-state index in [1.807, 2.05) is 13.0 Å². The van der Waals surface area contributed by atoms with Gasteiger partial charge in [-0.1, -0.05) is 0 Å². The van der Waals surface area contributed by atoms with Crippen molar-refractivity contribution in [2.24, 2.45) is 0 Å². The van der Waals surface area contributed by atoms with Crippen LogP contribution < -0.4 is 5.56 Å². The van der Waals surface area contributed by atoms with Crippen LogP contribution in [0.15, 0.2) is 16.9 Å². The van der Waals surface area contributed by atoms with Crippen LogP contribution in [0.1, 0.15) is 41.9 Å². The normalized spacial score (nSPS) is 15.2. The second-order valence-electron chi connectivity index (χ2n) is 4.53. The third kappa shape index (κ3) is 1.53. The number of carboxylic acids is 1. The highest BCUT2D eigenvalue weighted by molar-refractivity contribution is 5.86. The first-order valence-electron chi connectivity index (χ1n) is 5.98. The SMILES string of the molecule is CCn1c(C(=O)O)cc(=O)n2nc(C3CC3)cc12. The standard InChI is InChI=1S/C12H13N3O3/c1-2-14-9(12(17)18)6-11(16)15-10(14)5-8(13-15)7-3-4-7/h5-7H,2-4H2,1H3,(H,17,18). The van der Waals surface area contributed by atoms with Crippen LogP contribution in [-0.4, -0.2) is 25.3 Å². The van der Waals surface area contributed by atoms with Crippen LogP contribution in [0.3, 0.4) is 0 Å². The molecule has 0 saturated heterocycles. The maximum absolute atomic E-state index is 11.9. The fourth-order valence-corrected chi connectivity index (χ4v) is 2.21. The van der Waals surface area contributed by atoms with Crippen LogP contribution in [0.25, 0.3) is 5.65 Å². The van der Waals surface area contributed by atoms with Gasteiger partial charge in [0.1, 0.15) is 11.3 Å². The molecule has 0 bridgehead atoms. The molecule has 0 aromatic carbocycles. The maximum atomic E-state index is 11.9. The first-order valence-corrected chi connectivity index (χ1v) is 5.98. The van der Waals surface area contributed by atoms with E-state index in [0.29, 0.717) is 18.1 Å². The number of aromatic nitrogens is 3. The summed E-state index contributed by atoms with van der Waals surface area (Å²) < 4.78 is 2.90. The first-order chi connectivity index (χ1) is 8.61. The summed E-state index contributed by atoms with van der Waals surface area (Å²) in [6, 6.07) is 2.96. The van der Waals surface area contributed by atoms with E-state index >= 15 is 0 Å². The minimum atomic E-state index is -1.09. The molecule has 6 heteroatoms. The van der Waals surface area contributed by atoms with Gasteiger partial charge in [0.15, 0.2) is 0 Å². The summed E-state index contributed by atoms with van der Waals surface area (Å²) in [5, 5.41) is 13.4. The van der Waals surface area contributed by atoms with Crippen molar-refractivity contribution in [2.45, 2.75) is 32.2 Å². The minimum Gasteiger partial charge on any atom is -0.477 e. The number of fused-ring (bicyclic) bond motifs is 1. The molecule has 1 aliphatic rings. The van der Waals surface area contributed by atoms with Gasteiger partial charge in [-0.25, -0.2) is 4.79 Å². The van der Waals surface area contributed by atoms with Gasteiger partial charge in [0.2, 0.25) is 0 Å². The topological polar surface area (TPSA) is 76.6 Å². The predicted molar refractivity (Wildman–Crippen MR) is 64.1 cm³/mol. The number of hydrogen-bond acceptors (Lipinski definition) is 3. The molecule has 0 radical (unpaired) electrons. The Labute approximate surface area is 102 Å². The van der Waals surface area contributed by atoms with Crippen LogP contribution in [0.5, 0.6) is 0 Å². The lowest BCUT2D eigenvalue weighted by molar-refractivity contribution is 0.0684. The molecule has 2 aromatic heterocycles. The van der Waals surface area contributed by atoms with Crippen molar-refractivity contribution < 1.29 is 9.90 Å². The number of hydrogen-bond donors (Lipinski definition) is 1. The molecule has 94 valence electrons. The second kappa shape index (κ2) is 3.69. The fourth-order valence-electron chi connectivity index (χ4n) is 2.21. The predicted octanol–water partition coefficient (Wildman–Crippen LogP) is 1.09. The summed E-state index contributed by atoms with van der Waals surface area (Å²) in [6.45, 7) is 2.34. The third-order valence-electron chi connectivity index (χ3n) is 3.28. The van der Waals surface area contributed by atoms with E-state index in [0.717, 1.165) is 24.6 Å². The monoisotopic (exact) mass is 247 g/mol. The second-order valence-corrected chi connectivity index (χ2v) is 4.53. The number of carboxylic acid groups (broad SMARTS) is 1. The molecule has 6 nitrogen and oxygen atoms in total. The van der Waals surface area contributed by atoms with Crippen molar-refractivity contribution in [3.63, 3.8) is 0 Å². The number of carbonyl (C=O) groups is 1. The highest BCUT2D eigenvalue weighted by Gasteiger charge is 2.27. The Hall–Kier alpha value is -2.11. The Bertz CT molecular complexity index is 694. The van der Waals surface area contributed by atoms with Gasteiger partial charge >= 0.3 is 5.97 Å². The van der Waals surface area contributed by atoms with Gasteiger partial charge in [-0.2, -0.15) is 9.61 Å². The van der Waals surface area contributed by atoms with E-state index in [1.165, 1.54) is 4.52 Å². The van der Waals surface area contributed by atoms with E-state index in [2.05, 4.69) is 5.10 Å². The smallest absolute Gasteiger partial charge is 0.352 e. The average molecular weight is 247 g/mol. The van der Waals surface area contributed by atoms with Crippen LogP contribution >= 0.6 is 0 Å². The van der Waals surface area contributed by atoms with Crippen molar-refractivity contribution in [2.75, 3.05) is 0 Å². The molecule has 0 amide bonds. The Morgan fingerprint density at radius 1 is 1.50 bits per heavy atom. The van der Waals surface area contributed by atoms with Crippen LogP contribution in [0.4, 0.5) is 0 Å². The van der Waals surface area contributed by atoms with Crippen LogP contribution in [-0.2, 0) is 6.54 Å². The fraction of sp³-hybridized carbons (Fsp3) is 0.417. The largest absolute Gasteiger partial charge is 0.477 e. The van der Waals surface area contributed by atoms with Crippen LogP contribution in [0.2, 0.25) is 0 Å². The minimum absolute atomic E-state index is 0.0113. The zero-order valence-corrected chi connectivity index (χ0v) is 9.96. The molecule has 3 rings (SSSR count). The lowest BCUT2D eigenvalue weighted by Gasteiger charge is -2.09. The molecule has 0 unspecified atom stereocenters. The molecule has 1 N–H and O–H groups in total. The molecule has 0 atom stereocenters. The molecule has 1 fully saturated rings. The molecule has 1 saturated carbocycles. The van der Waals surface area contributed by atoms with E-state index in [1.54, 1.807) is 4.57 Å². The lowest BCUT2D eigenvalue weighted by atomic mass is 10.3. The summed E-state index contributed by atoms with van der Waals surface area (Å²) in [5.74, 6) is -0.659. The number of aryl methyl sites for hydroxylation is 1. The Morgan fingerprint density at radius 2 is 2.22 bits per heavy atom. The van der Waals surface area contributed by atoms with E-state index in [4.69, 9.17) is 5.11 Å². The third-order valence-corrected chi connectivity index (χ3v) is 3.28. The Balaban J connectivity index is 2.34. The molecule has 0 aliphatic heterocycles. The van der Waals surface area contributed by atoms with E-state index in [9.17, 15) is 9.59 Å². The van der Waals surface area contributed by atoms with Crippen molar-refractivity contribution in [3.8, 4) is 0 Å². The van der Waals surface area contributed by atoms with Gasteiger partial charge in [0.05, 0.1) is 5.69 Å². The molecule has 2 heterocycles. The van der Waals surface area contributed by atoms with Gasteiger partial charge in [-0.05, 0) is 19.8 Å². The van der Waals surface area contributed by atoms with Crippen molar-refractivity contribution >= 4 is 11.6 Å². The molecular formula is C12H13N3O3. The molecule has 2 aromatic rings. The van der Waals surface area contributed by atoms with Gasteiger partial charge < -0.3 is 9.67 Å². The van der Waals surface area contributed by atoms with Crippen molar-refractivity contribution in [1.82, 2.24) is 14.2 Å². The average Bonchev–Trinajstić information content (AvgIpc) is 3.08. The number of rotatable bonds is 3. The molecule has 1 aliphatic carbocycles. The van der Waals surface area contributed by atoms with Crippen molar-refractivity contribution in [3.05, 3.63) is 33.9 Å².